The fourth-order valence-electron chi connectivity index (χ4n) is 2.22. The van der Waals surface area contributed by atoms with E-state index < -0.39 is 0 Å². The summed E-state index contributed by atoms with van der Waals surface area (Å²) in [6.45, 7) is 0. The van der Waals surface area contributed by atoms with Crippen molar-refractivity contribution in [2.24, 2.45) is 0 Å². The van der Waals surface area contributed by atoms with Crippen LogP contribution < -0.4 is 10.6 Å². The number of carbonyl (C=O) groups is 1. The van der Waals surface area contributed by atoms with Crippen LogP contribution in [0.5, 0.6) is 0 Å². The fraction of sp³-hybridized carbons (Fsp3) is 0.214. The van der Waals surface area contributed by atoms with E-state index >= 15 is 0 Å². The molecule has 1 saturated carbocycles. The van der Waals surface area contributed by atoms with Gasteiger partial charge in [-0.2, -0.15) is 5.10 Å². The number of hydrogen-bond donors (Lipinski definition) is 3. The number of H-pyrrole nitrogens is 1. The largest absolute Gasteiger partial charge is 0.324 e. The molecule has 0 saturated heterocycles. The third-order valence-electron chi connectivity index (χ3n) is 3.44. The standard InChI is InChI=1S/C14H13N5OS/c20-14(17-13-6-10(18-19-13)8-1-2-8)16-9-3-4-12-11(5-9)15-7-21-12/h3-8H,1-2H2,(H3,16,17,18,19,20). The lowest BCUT2D eigenvalue weighted by atomic mass is 10.3. The summed E-state index contributed by atoms with van der Waals surface area (Å²) in [6.07, 6.45) is 2.39. The number of rotatable bonds is 3. The van der Waals surface area contributed by atoms with Crippen molar-refractivity contribution in [2.75, 3.05) is 10.6 Å². The van der Waals surface area contributed by atoms with Gasteiger partial charge in [-0.25, -0.2) is 9.78 Å². The Bertz CT molecular complexity index is 804. The van der Waals surface area contributed by atoms with Gasteiger partial charge in [-0.3, -0.25) is 10.4 Å². The van der Waals surface area contributed by atoms with Crippen LogP contribution in [0.3, 0.4) is 0 Å². The maximum absolute atomic E-state index is 12.0. The van der Waals surface area contributed by atoms with Crippen LogP contribution in [-0.2, 0) is 0 Å². The van der Waals surface area contributed by atoms with Gasteiger partial charge in [0.25, 0.3) is 0 Å². The van der Waals surface area contributed by atoms with E-state index in [-0.39, 0.29) is 6.03 Å². The van der Waals surface area contributed by atoms with E-state index in [1.807, 2.05) is 24.3 Å². The van der Waals surface area contributed by atoms with Crippen LogP contribution in [0.25, 0.3) is 10.2 Å². The first-order valence-corrected chi connectivity index (χ1v) is 7.62. The predicted molar refractivity (Wildman–Crippen MR) is 82.8 cm³/mol. The molecule has 3 aromatic rings. The number of hydrogen-bond acceptors (Lipinski definition) is 4. The Balaban J connectivity index is 1.44. The molecule has 0 atom stereocenters. The summed E-state index contributed by atoms with van der Waals surface area (Å²) in [5.74, 6) is 1.13. The number of thiazole rings is 1. The molecule has 1 aromatic carbocycles. The molecule has 0 aliphatic heterocycles. The van der Waals surface area contributed by atoms with Crippen LogP contribution in [0.1, 0.15) is 24.5 Å². The zero-order valence-electron chi connectivity index (χ0n) is 11.1. The highest BCUT2D eigenvalue weighted by Crippen LogP contribution is 2.39. The minimum Gasteiger partial charge on any atom is -0.308 e. The summed E-state index contributed by atoms with van der Waals surface area (Å²) in [6, 6.07) is 7.24. The van der Waals surface area contributed by atoms with Crippen molar-refractivity contribution in [3.8, 4) is 0 Å². The molecule has 106 valence electrons. The van der Waals surface area contributed by atoms with E-state index in [4.69, 9.17) is 0 Å². The number of benzene rings is 1. The first kappa shape index (κ1) is 12.3. The van der Waals surface area contributed by atoms with Gasteiger partial charge >= 0.3 is 6.03 Å². The van der Waals surface area contributed by atoms with Gasteiger partial charge in [0, 0.05) is 23.4 Å². The van der Waals surface area contributed by atoms with E-state index in [0.29, 0.717) is 17.4 Å². The average molecular weight is 299 g/mol. The molecule has 3 N–H and O–H groups in total. The number of amides is 2. The average Bonchev–Trinajstić information content (AvgIpc) is 3.04. The molecule has 1 aliphatic rings. The normalized spacial score (nSPS) is 14.3. The van der Waals surface area contributed by atoms with Crippen molar-refractivity contribution >= 4 is 39.1 Å². The van der Waals surface area contributed by atoms with Crippen molar-refractivity contribution < 1.29 is 4.79 Å². The van der Waals surface area contributed by atoms with E-state index in [1.54, 1.807) is 16.8 Å². The second-order valence-corrected chi connectivity index (χ2v) is 5.98. The number of nitrogens with zero attached hydrogens (tertiary/aromatic N) is 2. The smallest absolute Gasteiger partial charge is 0.308 e. The molecule has 21 heavy (non-hydrogen) atoms. The summed E-state index contributed by atoms with van der Waals surface area (Å²) in [5.41, 5.74) is 4.48. The lowest BCUT2D eigenvalue weighted by molar-refractivity contribution is 0.262. The highest BCUT2D eigenvalue weighted by atomic mass is 32.1. The van der Waals surface area contributed by atoms with Crippen LogP contribution in [-0.4, -0.2) is 21.2 Å². The number of anilines is 2. The fourth-order valence-corrected chi connectivity index (χ4v) is 2.88. The number of aromatic nitrogens is 3. The van der Waals surface area contributed by atoms with E-state index in [2.05, 4.69) is 25.8 Å². The van der Waals surface area contributed by atoms with Gasteiger partial charge in [-0.05, 0) is 31.0 Å². The Hall–Kier alpha value is -2.41. The molecule has 0 spiro atoms. The van der Waals surface area contributed by atoms with E-state index in [0.717, 1.165) is 15.9 Å². The van der Waals surface area contributed by atoms with Crippen molar-refractivity contribution in [1.29, 1.82) is 0 Å². The Morgan fingerprint density at radius 3 is 3.05 bits per heavy atom. The molecular weight excluding hydrogens is 286 g/mol. The molecule has 0 bridgehead atoms. The molecule has 2 heterocycles. The highest BCUT2D eigenvalue weighted by Gasteiger charge is 2.25. The number of aromatic amines is 1. The molecular formula is C14H13N5OS. The third kappa shape index (κ3) is 2.59. The molecule has 6 nitrogen and oxygen atoms in total. The Kier molecular flexibility index (Phi) is 2.85. The van der Waals surface area contributed by atoms with Gasteiger partial charge in [0.1, 0.15) is 0 Å². The number of urea groups is 1. The summed E-state index contributed by atoms with van der Waals surface area (Å²) in [5, 5.41) is 12.6. The van der Waals surface area contributed by atoms with Crippen LogP contribution in [0, 0.1) is 0 Å². The topological polar surface area (TPSA) is 82.7 Å². The molecule has 4 rings (SSSR count). The molecule has 2 aromatic heterocycles. The molecule has 0 unspecified atom stereocenters. The van der Waals surface area contributed by atoms with E-state index in [1.165, 1.54) is 12.8 Å². The summed E-state index contributed by atoms with van der Waals surface area (Å²) >= 11 is 1.58. The maximum atomic E-state index is 12.0. The zero-order chi connectivity index (χ0) is 14.2. The molecule has 1 fully saturated rings. The molecule has 7 heteroatoms. The molecule has 1 aliphatic carbocycles. The highest BCUT2D eigenvalue weighted by molar-refractivity contribution is 7.16. The summed E-state index contributed by atoms with van der Waals surface area (Å²) in [4.78, 5) is 16.2. The van der Waals surface area contributed by atoms with Gasteiger partial charge in [-0.15, -0.1) is 11.3 Å². The zero-order valence-corrected chi connectivity index (χ0v) is 11.9. The molecule has 2 amide bonds. The van der Waals surface area contributed by atoms with Crippen LogP contribution in [0.2, 0.25) is 0 Å². The van der Waals surface area contributed by atoms with Gasteiger partial charge in [-0.1, -0.05) is 0 Å². The quantitative estimate of drug-likeness (QED) is 0.691. The van der Waals surface area contributed by atoms with Gasteiger partial charge in [0.15, 0.2) is 5.82 Å². The monoisotopic (exact) mass is 299 g/mol. The Labute approximate surface area is 124 Å². The second-order valence-electron chi connectivity index (χ2n) is 5.10. The first-order chi connectivity index (χ1) is 10.3. The predicted octanol–water partition coefficient (Wildman–Crippen LogP) is 3.54. The lowest BCUT2D eigenvalue weighted by Gasteiger charge is -2.05. The lowest BCUT2D eigenvalue weighted by Crippen LogP contribution is -2.19. The minimum atomic E-state index is -0.307. The van der Waals surface area contributed by atoms with Crippen molar-refractivity contribution in [1.82, 2.24) is 15.2 Å². The van der Waals surface area contributed by atoms with E-state index in [9.17, 15) is 4.79 Å². The number of nitrogens with one attached hydrogen (secondary N) is 3. The Morgan fingerprint density at radius 2 is 2.19 bits per heavy atom. The van der Waals surface area contributed by atoms with Gasteiger partial charge in [0.05, 0.1) is 15.7 Å². The summed E-state index contributed by atoms with van der Waals surface area (Å²) in [7, 11) is 0. The van der Waals surface area contributed by atoms with Gasteiger partial charge < -0.3 is 5.32 Å². The maximum Gasteiger partial charge on any atom is 0.324 e. The van der Waals surface area contributed by atoms with Crippen LogP contribution >= 0.6 is 11.3 Å². The summed E-state index contributed by atoms with van der Waals surface area (Å²) < 4.78 is 1.10. The van der Waals surface area contributed by atoms with Gasteiger partial charge in [0.2, 0.25) is 0 Å². The van der Waals surface area contributed by atoms with Crippen LogP contribution in [0.15, 0.2) is 29.8 Å². The first-order valence-electron chi connectivity index (χ1n) is 6.74. The molecule has 0 radical (unpaired) electrons. The Morgan fingerprint density at radius 1 is 1.29 bits per heavy atom. The SMILES string of the molecule is O=C(Nc1ccc2scnc2c1)Nc1cc(C2CC2)[nH]n1. The van der Waals surface area contributed by atoms with Crippen molar-refractivity contribution in [3.05, 3.63) is 35.5 Å². The number of fused-ring (bicyclic) bond motifs is 1. The van der Waals surface area contributed by atoms with Crippen LogP contribution in [0.4, 0.5) is 16.3 Å². The third-order valence-corrected chi connectivity index (χ3v) is 4.25. The van der Waals surface area contributed by atoms with Crippen molar-refractivity contribution in [2.45, 2.75) is 18.8 Å². The number of carbonyl (C=O) groups excluding carboxylic acids is 1. The second kappa shape index (κ2) is 4.85. The van der Waals surface area contributed by atoms with Crippen molar-refractivity contribution in [3.63, 3.8) is 0 Å². The minimum absolute atomic E-state index is 0.307.